The molecule has 0 saturated heterocycles. The van der Waals surface area contributed by atoms with Gasteiger partial charge in [0.25, 0.3) is 5.91 Å². The molecule has 23 heavy (non-hydrogen) atoms. The third-order valence-corrected chi connectivity index (χ3v) is 4.22. The Morgan fingerprint density at radius 1 is 1.13 bits per heavy atom. The van der Waals surface area contributed by atoms with E-state index >= 15 is 0 Å². The molecule has 4 aromatic rings. The van der Waals surface area contributed by atoms with Crippen LogP contribution < -0.4 is 10.5 Å². The molecule has 0 unspecified atom stereocenters. The van der Waals surface area contributed by atoms with E-state index in [1.54, 1.807) is 7.11 Å². The Morgan fingerprint density at radius 2 is 1.91 bits per heavy atom. The van der Waals surface area contributed by atoms with E-state index < -0.39 is 5.91 Å². The molecule has 0 aliphatic rings. The number of H-pyrrole nitrogens is 1. The number of amides is 1. The number of hydrogen-bond acceptors (Lipinski definition) is 3. The number of fused-ring (bicyclic) bond motifs is 5. The number of hydrogen-bond donors (Lipinski definition) is 2. The van der Waals surface area contributed by atoms with Crippen LogP contribution in [0.3, 0.4) is 0 Å². The molecule has 2 aromatic heterocycles. The molecule has 0 aliphatic carbocycles. The summed E-state index contributed by atoms with van der Waals surface area (Å²) in [7, 11) is 1.63. The summed E-state index contributed by atoms with van der Waals surface area (Å²) in [6.07, 6.45) is 0. The lowest BCUT2D eigenvalue weighted by atomic mass is 10.0. The van der Waals surface area contributed by atoms with Gasteiger partial charge in [0.15, 0.2) is 5.69 Å². The lowest BCUT2D eigenvalue weighted by Gasteiger charge is -2.05. The zero-order chi connectivity index (χ0) is 16.1. The van der Waals surface area contributed by atoms with Gasteiger partial charge in [0.2, 0.25) is 0 Å². The summed E-state index contributed by atoms with van der Waals surface area (Å²) in [6, 6.07) is 11.7. The maximum Gasteiger partial charge on any atom is 0.269 e. The SMILES string of the molecule is COc1ccc(C)c2c1[nH]c1c(C(N)=O)nc3ccccc3c12. The first-order valence-electron chi connectivity index (χ1n) is 7.29. The number of aryl methyl sites for hydroxylation is 1. The van der Waals surface area contributed by atoms with Crippen LogP contribution in [0.2, 0.25) is 0 Å². The molecule has 2 aromatic carbocycles. The Hall–Kier alpha value is -3.08. The first kappa shape index (κ1) is 13.6. The number of carbonyl (C=O) groups excluding carboxylic acids is 1. The number of nitrogens with zero attached hydrogens (tertiary/aromatic N) is 1. The first-order valence-corrected chi connectivity index (χ1v) is 7.29. The summed E-state index contributed by atoms with van der Waals surface area (Å²) in [5, 5.41) is 2.96. The second-order valence-electron chi connectivity index (χ2n) is 5.55. The van der Waals surface area contributed by atoms with Gasteiger partial charge in [-0.3, -0.25) is 4.79 Å². The largest absolute Gasteiger partial charge is 0.495 e. The topological polar surface area (TPSA) is 81.0 Å². The van der Waals surface area contributed by atoms with Crippen molar-refractivity contribution in [1.82, 2.24) is 9.97 Å². The zero-order valence-corrected chi connectivity index (χ0v) is 12.8. The van der Waals surface area contributed by atoms with Crippen LogP contribution in [0.1, 0.15) is 16.1 Å². The highest BCUT2D eigenvalue weighted by Crippen LogP contribution is 2.38. The maximum atomic E-state index is 11.9. The molecule has 114 valence electrons. The van der Waals surface area contributed by atoms with E-state index in [4.69, 9.17) is 10.5 Å². The fourth-order valence-corrected chi connectivity index (χ4v) is 3.20. The molecule has 3 N–H and O–H groups in total. The number of ether oxygens (including phenoxy) is 1. The van der Waals surface area contributed by atoms with Crippen LogP contribution in [0.5, 0.6) is 5.75 Å². The Balaban J connectivity index is 2.37. The van der Waals surface area contributed by atoms with Gasteiger partial charge in [-0.2, -0.15) is 0 Å². The standard InChI is InChI=1S/C18H15N3O2/c1-9-7-8-12(23-2)15-13(9)14-10-5-3-4-6-11(10)20-17(18(19)22)16(14)21-15/h3-8,21H,1-2H3,(H2,19,22). The monoisotopic (exact) mass is 305 g/mol. The number of carbonyl (C=O) groups is 1. The molecule has 0 bridgehead atoms. The summed E-state index contributed by atoms with van der Waals surface area (Å²) < 4.78 is 5.46. The van der Waals surface area contributed by atoms with E-state index in [-0.39, 0.29) is 5.69 Å². The number of para-hydroxylation sites is 1. The van der Waals surface area contributed by atoms with E-state index in [0.717, 1.165) is 38.5 Å². The van der Waals surface area contributed by atoms with Gasteiger partial charge in [-0.25, -0.2) is 4.98 Å². The van der Waals surface area contributed by atoms with Crippen molar-refractivity contribution in [2.24, 2.45) is 5.73 Å². The number of methoxy groups -OCH3 is 1. The van der Waals surface area contributed by atoms with Gasteiger partial charge in [-0.15, -0.1) is 0 Å². The highest BCUT2D eigenvalue weighted by molar-refractivity contribution is 6.24. The molecular weight excluding hydrogens is 290 g/mol. The number of nitrogens with one attached hydrogen (secondary N) is 1. The Kier molecular flexibility index (Phi) is 2.78. The average molecular weight is 305 g/mol. The quantitative estimate of drug-likeness (QED) is 0.596. The van der Waals surface area contributed by atoms with Crippen molar-refractivity contribution in [3.05, 3.63) is 47.7 Å². The number of benzene rings is 2. The molecule has 5 nitrogen and oxygen atoms in total. The average Bonchev–Trinajstić information content (AvgIpc) is 2.95. The van der Waals surface area contributed by atoms with Crippen LogP contribution in [0.25, 0.3) is 32.7 Å². The van der Waals surface area contributed by atoms with Crippen molar-refractivity contribution in [1.29, 1.82) is 0 Å². The zero-order valence-electron chi connectivity index (χ0n) is 12.8. The van der Waals surface area contributed by atoms with E-state index in [1.807, 2.05) is 43.3 Å². The van der Waals surface area contributed by atoms with Gasteiger partial charge >= 0.3 is 0 Å². The molecule has 0 saturated carbocycles. The number of primary amides is 1. The molecule has 2 heterocycles. The van der Waals surface area contributed by atoms with Crippen molar-refractivity contribution >= 4 is 38.6 Å². The van der Waals surface area contributed by atoms with Crippen molar-refractivity contribution in [3.8, 4) is 5.75 Å². The van der Waals surface area contributed by atoms with Gasteiger partial charge < -0.3 is 15.5 Å². The minimum absolute atomic E-state index is 0.247. The fourth-order valence-electron chi connectivity index (χ4n) is 3.20. The van der Waals surface area contributed by atoms with Crippen LogP contribution in [-0.2, 0) is 0 Å². The molecule has 0 aliphatic heterocycles. The van der Waals surface area contributed by atoms with Crippen molar-refractivity contribution in [3.63, 3.8) is 0 Å². The van der Waals surface area contributed by atoms with Crippen LogP contribution in [0.4, 0.5) is 0 Å². The number of rotatable bonds is 2. The Morgan fingerprint density at radius 3 is 2.65 bits per heavy atom. The number of aromatic amines is 1. The van der Waals surface area contributed by atoms with E-state index in [2.05, 4.69) is 9.97 Å². The minimum atomic E-state index is -0.552. The highest BCUT2D eigenvalue weighted by Gasteiger charge is 2.19. The third-order valence-electron chi connectivity index (χ3n) is 4.22. The lowest BCUT2D eigenvalue weighted by molar-refractivity contribution is 0.0997. The molecule has 5 heteroatoms. The molecule has 0 spiro atoms. The van der Waals surface area contributed by atoms with Gasteiger partial charge in [-0.1, -0.05) is 24.3 Å². The predicted octanol–water partition coefficient (Wildman–Crippen LogP) is 3.29. The Bertz CT molecular complexity index is 1100. The second-order valence-corrected chi connectivity index (χ2v) is 5.55. The minimum Gasteiger partial charge on any atom is -0.495 e. The first-order chi connectivity index (χ1) is 11.1. The number of aromatic nitrogens is 2. The van der Waals surface area contributed by atoms with Crippen LogP contribution >= 0.6 is 0 Å². The maximum absolute atomic E-state index is 11.9. The molecule has 0 atom stereocenters. The van der Waals surface area contributed by atoms with Crippen molar-refractivity contribution in [2.45, 2.75) is 6.92 Å². The molecule has 4 rings (SSSR count). The summed E-state index contributed by atoms with van der Waals surface area (Å²) >= 11 is 0. The van der Waals surface area contributed by atoms with Crippen LogP contribution in [0, 0.1) is 6.92 Å². The van der Waals surface area contributed by atoms with Crippen molar-refractivity contribution < 1.29 is 9.53 Å². The number of nitrogens with two attached hydrogens (primary N) is 1. The fraction of sp³-hybridized carbons (Fsp3) is 0.111. The normalized spacial score (nSPS) is 11.4. The van der Waals surface area contributed by atoms with E-state index in [1.165, 1.54) is 0 Å². The van der Waals surface area contributed by atoms with Crippen LogP contribution in [0.15, 0.2) is 36.4 Å². The Labute approximate surface area is 132 Å². The van der Waals surface area contributed by atoms with E-state index in [0.29, 0.717) is 5.52 Å². The highest BCUT2D eigenvalue weighted by atomic mass is 16.5. The van der Waals surface area contributed by atoms with Crippen molar-refractivity contribution in [2.75, 3.05) is 7.11 Å². The second kappa shape index (κ2) is 4.71. The number of pyridine rings is 1. The summed E-state index contributed by atoms with van der Waals surface area (Å²) in [6.45, 7) is 2.04. The molecular formula is C18H15N3O2. The lowest BCUT2D eigenvalue weighted by Crippen LogP contribution is -2.13. The molecule has 0 radical (unpaired) electrons. The van der Waals surface area contributed by atoms with Gasteiger partial charge in [0.1, 0.15) is 5.75 Å². The van der Waals surface area contributed by atoms with Gasteiger partial charge in [0.05, 0.1) is 23.7 Å². The molecule has 1 amide bonds. The summed E-state index contributed by atoms with van der Waals surface area (Å²) in [5.41, 5.74) is 9.14. The van der Waals surface area contributed by atoms with E-state index in [9.17, 15) is 4.79 Å². The molecule has 0 fully saturated rings. The predicted molar refractivity (Wildman–Crippen MR) is 90.9 cm³/mol. The van der Waals surface area contributed by atoms with Crippen LogP contribution in [-0.4, -0.2) is 23.0 Å². The third kappa shape index (κ3) is 1.80. The van der Waals surface area contributed by atoms with Gasteiger partial charge in [-0.05, 0) is 24.6 Å². The summed E-state index contributed by atoms with van der Waals surface area (Å²) in [4.78, 5) is 19.6. The van der Waals surface area contributed by atoms with Gasteiger partial charge in [0, 0.05) is 16.2 Å². The smallest absolute Gasteiger partial charge is 0.269 e. The summed E-state index contributed by atoms with van der Waals surface area (Å²) in [5.74, 6) is 0.172.